The molecule has 0 bridgehead atoms. The summed E-state index contributed by atoms with van der Waals surface area (Å²) in [5.74, 6) is -0.324. The van der Waals surface area contributed by atoms with Gasteiger partial charge >= 0.3 is 6.03 Å². The third-order valence-corrected chi connectivity index (χ3v) is 5.02. The van der Waals surface area contributed by atoms with Crippen molar-refractivity contribution in [2.24, 2.45) is 11.8 Å². The van der Waals surface area contributed by atoms with E-state index in [9.17, 15) is 14.4 Å². The lowest BCUT2D eigenvalue weighted by Crippen LogP contribution is -2.48. The van der Waals surface area contributed by atoms with Crippen LogP contribution in [0, 0.1) is 23.2 Å². The topological polar surface area (TPSA) is 93.5 Å². The molecule has 3 aliphatic rings. The first-order valence-corrected chi connectivity index (χ1v) is 7.77. The second kappa shape index (κ2) is 5.27. The van der Waals surface area contributed by atoms with Crippen LogP contribution in [-0.4, -0.2) is 52.8 Å². The van der Waals surface area contributed by atoms with Crippen molar-refractivity contribution in [3.63, 3.8) is 0 Å². The van der Waals surface area contributed by atoms with E-state index in [1.54, 1.807) is 11.8 Å². The van der Waals surface area contributed by atoms with Crippen LogP contribution in [-0.2, 0) is 9.59 Å². The fourth-order valence-corrected chi connectivity index (χ4v) is 3.29. The average Bonchev–Trinajstić information content (AvgIpc) is 3.33. The zero-order valence-corrected chi connectivity index (χ0v) is 12.7. The maximum Gasteiger partial charge on any atom is 0.325 e. The van der Waals surface area contributed by atoms with Crippen LogP contribution in [0.25, 0.3) is 0 Å². The highest BCUT2D eigenvalue weighted by atomic mass is 16.2. The fourth-order valence-electron chi connectivity index (χ4n) is 3.29. The smallest absolute Gasteiger partial charge is 0.325 e. The van der Waals surface area contributed by atoms with Gasteiger partial charge in [0.2, 0.25) is 5.91 Å². The lowest BCUT2D eigenvalue weighted by Gasteiger charge is -2.30. The highest BCUT2D eigenvalue weighted by Crippen LogP contribution is 2.42. The minimum Gasteiger partial charge on any atom is -0.341 e. The molecule has 0 aromatic rings. The van der Waals surface area contributed by atoms with Gasteiger partial charge in [-0.2, -0.15) is 5.26 Å². The Morgan fingerprint density at radius 2 is 1.95 bits per heavy atom. The van der Waals surface area contributed by atoms with Gasteiger partial charge in [-0.3, -0.25) is 14.5 Å². The third kappa shape index (κ3) is 2.43. The number of piperidine rings is 1. The summed E-state index contributed by atoms with van der Waals surface area (Å²) in [5.41, 5.74) is -0.842. The predicted octanol–water partition coefficient (Wildman–Crippen LogP) is 0.469. The minimum absolute atomic E-state index is 0.000995. The average molecular weight is 304 g/mol. The van der Waals surface area contributed by atoms with Gasteiger partial charge < -0.3 is 10.2 Å². The van der Waals surface area contributed by atoms with E-state index in [1.807, 2.05) is 0 Å². The molecule has 1 saturated carbocycles. The number of nitriles is 1. The molecule has 22 heavy (non-hydrogen) atoms. The van der Waals surface area contributed by atoms with Crippen molar-refractivity contribution in [1.29, 1.82) is 5.26 Å². The number of amides is 4. The normalized spacial score (nSPS) is 29.5. The number of carbonyl (C=O) groups excluding carboxylic acids is 3. The van der Waals surface area contributed by atoms with E-state index < -0.39 is 11.6 Å². The Balaban J connectivity index is 1.61. The summed E-state index contributed by atoms with van der Waals surface area (Å²) >= 11 is 0. The van der Waals surface area contributed by atoms with Gasteiger partial charge in [0.05, 0.1) is 6.07 Å². The summed E-state index contributed by atoms with van der Waals surface area (Å²) in [5, 5.41) is 11.6. The molecule has 1 N–H and O–H groups in total. The first-order valence-electron chi connectivity index (χ1n) is 7.77. The summed E-state index contributed by atoms with van der Waals surface area (Å²) < 4.78 is 0. The Kier molecular flexibility index (Phi) is 3.55. The van der Waals surface area contributed by atoms with Crippen molar-refractivity contribution in [3.8, 4) is 6.07 Å². The lowest BCUT2D eigenvalue weighted by atomic mass is 9.96. The van der Waals surface area contributed by atoms with E-state index in [0.29, 0.717) is 25.9 Å². The Bertz CT molecular complexity index is 558. The summed E-state index contributed by atoms with van der Waals surface area (Å²) in [6.07, 6.45) is 3.18. The standard InChI is InChI=1S/C15H20N4O3/c1-15(11-2-3-11)13(21)19(14(22)17-15)9-12(20)18-6-4-10(8-16)5-7-18/h10-11H,2-7,9H2,1H3,(H,17,22). The van der Waals surface area contributed by atoms with Crippen LogP contribution in [0.5, 0.6) is 0 Å². The number of likely N-dealkylation sites (tertiary alicyclic amines) is 1. The molecule has 1 atom stereocenters. The van der Waals surface area contributed by atoms with Crippen LogP contribution in [0.3, 0.4) is 0 Å². The van der Waals surface area contributed by atoms with E-state index in [0.717, 1.165) is 17.7 Å². The second-order valence-corrected chi connectivity index (χ2v) is 6.58. The monoisotopic (exact) mass is 304 g/mol. The molecule has 4 amide bonds. The molecule has 2 heterocycles. The Morgan fingerprint density at radius 3 is 2.50 bits per heavy atom. The van der Waals surface area contributed by atoms with Crippen LogP contribution in [0.15, 0.2) is 0 Å². The van der Waals surface area contributed by atoms with Gasteiger partial charge in [0, 0.05) is 19.0 Å². The molecule has 118 valence electrons. The molecule has 0 spiro atoms. The zero-order chi connectivity index (χ0) is 15.9. The largest absolute Gasteiger partial charge is 0.341 e. The molecule has 7 nitrogen and oxygen atoms in total. The molecular weight excluding hydrogens is 284 g/mol. The summed E-state index contributed by atoms with van der Waals surface area (Å²) in [6, 6.07) is 1.74. The zero-order valence-electron chi connectivity index (χ0n) is 12.7. The van der Waals surface area contributed by atoms with Gasteiger partial charge in [-0.05, 0) is 38.5 Å². The molecule has 7 heteroatoms. The Hall–Kier alpha value is -2.10. The van der Waals surface area contributed by atoms with E-state index in [2.05, 4.69) is 11.4 Å². The first-order chi connectivity index (χ1) is 10.5. The van der Waals surface area contributed by atoms with Crippen LogP contribution < -0.4 is 5.32 Å². The Labute approximate surface area is 129 Å². The fraction of sp³-hybridized carbons (Fsp3) is 0.733. The van der Waals surface area contributed by atoms with Crippen LogP contribution in [0.1, 0.15) is 32.6 Å². The van der Waals surface area contributed by atoms with Crippen molar-refractivity contribution in [2.75, 3.05) is 19.6 Å². The second-order valence-electron chi connectivity index (χ2n) is 6.58. The van der Waals surface area contributed by atoms with Crippen molar-refractivity contribution < 1.29 is 14.4 Å². The number of hydrogen-bond donors (Lipinski definition) is 1. The first kappa shape index (κ1) is 14.8. The molecule has 1 unspecified atom stereocenters. The summed E-state index contributed by atoms with van der Waals surface area (Å²) in [6.45, 7) is 2.57. The van der Waals surface area contributed by atoms with Crippen molar-refractivity contribution in [1.82, 2.24) is 15.1 Å². The molecule has 2 aliphatic heterocycles. The highest BCUT2D eigenvalue weighted by molar-refractivity contribution is 6.09. The number of nitrogens with one attached hydrogen (secondary N) is 1. The number of nitrogens with zero attached hydrogens (tertiary/aromatic N) is 3. The lowest BCUT2D eigenvalue weighted by molar-refractivity contribution is -0.139. The maximum absolute atomic E-state index is 12.5. The van der Waals surface area contributed by atoms with Crippen molar-refractivity contribution in [2.45, 2.75) is 38.1 Å². The SMILES string of the molecule is CC1(C2CC2)NC(=O)N(CC(=O)N2CCC(C#N)CC2)C1=O. The van der Waals surface area contributed by atoms with Crippen molar-refractivity contribution in [3.05, 3.63) is 0 Å². The van der Waals surface area contributed by atoms with Crippen LogP contribution >= 0.6 is 0 Å². The van der Waals surface area contributed by atoms with Gasteiger partial charge in [-0.1, -0.05) is 0 Å². The van der Waals surface area contributed by atoms with Gasteiger partial charge in [0.1, 0.15) is 12.1 Å². The minimum atomic E-state index is -0.842. The molecule has 0 aromatic carbocycles. The van der Waals surface area contributed by atoms with Gasteiger partial charge in [0.25, 0.3) is 5.91 Å². The van der Waals surface area contributed by atoms with Gasteiger partial charge in [-0.15, -0.1) is 0 Å². The quantitative estimate of drug-likeness (QED) is 0.767. The molecule has 3 rings (SSSR count). The summed E-state index contributed by atoms with van der Waals surface area (Å²) in [4.78, 5) is 39.5. The number of imide groups is 1. The van der Waals surface area contributed by atoms with Gasteiger partial charge in [0.15, 0.2) is 0 Å². The molecule has 0 radical (unpaired) electrons. The molecule has 2 saturated heterocycles. The van der Waals surface area contributed by atoms with Crippen LogP contribution in [0.4, 0.5) is 4.79 Å². The Morgan fingerprint density at radius 1 is 1.32 bits per heavy atom. The van der Waals surface area contributed by atoms with E-state index in [-0.39, 0.29) is 30.2 Å². The predicted molar refractivity (Wildman–Crippen MR) is 76.3 cm³/mol. The van der Waals surface area contributed by atoms with E-state index >= 15 is 0 Å². The highest BCUT2D eigenvalue weighted by Gasteiger charge is 2.56. The third-order valence-electron chi connectivity index (χ3n) is 5.02. The van der Waals surface area contributed by atoms with E-state index in [1.165, 1.54) is 0 Å². The number of carbonyl (C=O) groups is 3. The van der Waals surface area contributed by atoms with Crippen molar-refractivity contribution >= 4 is 17.8 Å². The molecular formula is C15H20N4O3. The van der Waals surface area contributed by atoms with E-state index in [4.69, 9.17) is 5.26 Å². The molecule has 3 fully saturated rings. The molecule has 1 aliphatic carbocycles. The maximum atomic E-state index is 12.5. The van der Waals surface area contributed by atoms with Gasteiger partial charge in [-0.25, -0.2) is 4.79 Å². The number of rotatable bonds is 3. The molecule has 0 aromatic heterocycles. The summed E-state index contributed by atoms with van der Waals surface area (Å²) in [7, 11) is 0. The van der Waals surface area contributed by atoms with Crippen LogP contribution in [0.2, 0.25) is 0 Å². The number of urea groups is 1. The number of hydrogen-bond acceptors (Lipinski definition) is 4.